The molecule has 5 heterocycles. The van der Waals surface area contributed by atoms with Gasteiger partial charge in [-0.25, -0.2) is 9.97 Å². The molecule has 1 unspecified atom stereocenters. The molecule has 184 valence electrons. The molecule has 9 nitrogen and oxygen atoms in total. The molecule has 3 aromatic rings. The minimum atomic E-state index is -0.624. The van der Waals surface area contributed by atoms with E-state index in [1.807, 2.05) is 36.0 Å². The Morgan fingerprint density at radius 3 is 2.53 bits per heavy atom. The van der Waals surface area contributed by atoms with Crippen LogP contribution in [0, 0.1) is 0 Å². The lowest BCUT2D eigenvalue weighted by Crippen LogP contribution is -2.52. The van der Waals surface area contributed by atoms with Crippen molar-refractivity contribution in [1.82, 2.24) is 24.8 Å². The Morgan fingerprint density at radius 2 is 1.78 bits per heavy atom. The number of carbonyl (C=O) groups excluding carboxylic acids is 3. The van der Waals surface area contributed by atoms with Crippen LogP contribution in [0.4, 0.5) is 5.82 Å². The second-order valence-corrected chi connectivity index (χ2v) is 9.78. The molecule has 9 heteroatoms. The molecule has 1 atom stereocenters. The first kappa shape index (κ1) is 22.5. The fraction of sp³-hybridized carbons (Fsp3) is 0.370. The number of piperidine rings is 2. The summed E-state index contributed by atoms with van der Waals surface area (Å²) in [7, 11) is 1.96. The first-order chi connectivity index (χ1) is 17.5. The van der Waals surface area contributed by atoms with Crippen molar-refractivity contribution in [2.75, 3.05) is 18.0 Å². The van der Waals surface area contributed by atoms with Crippen molar-refractivity contribution in [1.29, 1.82) is 0 Å². The van der Waals surface area contributed by atoms with Gasteiger partial charge in [-0.2, -0.15) is 0 Å². The average Bonchev–Trinajstić information content (AvgIpc) is 3.44. The predicted molar refractivity (Wildman–Crippen MR) is 134 cm³/mol. The summed E-state index contributed by atoms with van der Waals surface area (Å²) >= 11 is 0. The second-order valence-electron chi connectivity index (χ2n) is 9.78. The molecule has 3 amide bonds. The Labute approximate surface area is 209 Å². The number of nitrogens with zero attached hydrogens (tertiary/aromatic N) is 5. The number of nitrogens with one attached hydrogen (secondary N) is 1. The Bertz CT molecular complexity index is 1360. The van der Waals surface area contributed by atoms with E-state index in [0.717, 1.165) is 47.0 Å². The molecule has 3 aliphatic heterocycles. The van der Waals surface area contributed by atoms with Gasteiger partial charge in [0.25, 0.3) is 5.91 Å². The van der Waals surface area contributed by atoms with Crippen molar-refractivity contribution >= 4 is 23.5 Å². The van der Waals surface area contributed by atoms with Gasteiger partial charge < -0.3 is 14.4 Å². The summed E-state index contributed by atoms with van der Waals surface area (Å²) in [5.41, 5.74) is 5.11. The highest BCUT2D eigenvalue weighted by molar-refractivity contribution is 6.05. The van der Waals surface area contributed by atoms with Gasteiger partial charge in [0.05, 0.1) is 17.7 Å². The number of imide groups is 1. The van der Waals surface area contributed by atoms with Gasteiger partial charge in [0.2, 0.25) is 11.8 Å². The summed E-state index contributed by atoms with van der Waals surface area (Å²) in [5.74, 6) is 0.139. The highest BCUT2D eigenvalue weighted by Crippen LogP contribution is 2.35. The lowest BCUT2D eigenvalue weighted by Gasteiger charge is -2.29. The number of anilines is 1. The largest absolute Gasteiger partial charge is 0.357 e. The third-order valence-corrected chi connectivity index (χ3v) is 7.44. The summed E-state index contributed by atoms with van der Waals surface area (Å²) in [6.45, 7) is 2.43. The third kappa shape index (κ3) is 3.84. The summed E-state index contributed by atoms with van der Waals surface area (Å²) < 4.78 is 1.99. The first-order valence-electron chi connectivity index (χ1n) is 12.5. The molecular formula is C27H28N6O3. The van der Waals surface area contributed by atoms with Crippen molar-refractivity contribution < 1.29 is 14.4 Å². The van der Waals surface area contributed by atoms with E-state index in [2.05, 4.69) is 27.3 Å². The van der Waals surface area contributed by atoms with Crippen LogP contribution in [0.1, 0.15) is 48.0 Å². The van der Waals surface area contributed by atoms with Crippen LogP contribution in [-0.2, 0) is 23.2 Å². The molecular weight excluding hydrogens is 456 g/mol. The highest BCUT2D eigenvalue weighted by atomic mass is 16.2. The molecule has 3 aliphatic rings. The predicted octanol–water partition coefficient (Wildman–Crippen LogP) is 2.90. The topological polar surface area (TPSA) is 100 Å². The number of fused-ring (bicyclic) bond motifs is 1. The molecule has 0 spiro atoms. The van der Waals surface area contributed by atoms with Gasteiger partial charge in [-0.05, 0) is 55.5 Å². The minimum Gasteiger partial charge on any atom is -0.357 e. The monoisotopic (exact) mass is 484 g/mol. The van der Waals surface area contributed by atoms with Crippen LogP contribution in [0.15, 0.2) is 42.9 Å². The zero-order valence-corrected chi connectivity index (χ0v) is 20.2. The van der Waals surface area contributed by atoms with E-state index in [1.165, 1.54) is 19.3 Å². The molecule has 0 saturated carbocycles. The zero-order valence-electron chi connectivity index (χ0n) is 20.2. The smallest absolute Gasteiger partial charge is 0.255 e. The van der Waals surface area contributed by atoms with Crippen LogP contribution in [0.3, 0.4) is 0 Å². The van der Waals surface area contributed by atoms with Crippen LogP contribution in [0.5, 0.6) is 0 Å². The van der Waals surface area contributed by atoms with Gasteiger partial charge in [-0.15, -0.1) is 0 Å². The number of carbonyl (C=O) groups is 3. The van der Waals surface area contributed by atoms with Crippen LogP contribution in [-0.4, -0.2) is 56.3 Å². The van der Waals surface area contributed by atoms with Crippen molar-refractivity contribution in [3.05, 3.63) is 54.0 Å². The molecule has 36 heavy (non-hydrogen) atoms. The maximum Gasteiger partial charge on any atom is 0.255 e. The number of aryl methyl sites for hydroxylation is 1. The van der Waals surface area contributed by atoms with E-state index in [1.54, 1.807) is 11.2 Å². The number of hydrogen-bond acceptors (Lipinski definition) is 6. The van der Waals surface area contributed by atoms with Crippen LogP contribution in [0.2, 0.25) is 0 Å². The molecule has 1 aromatic carbocycles. The van der Waals surface area contributed by atoms with E-state index in [9.17, 15) is 14.4 Å². The number of pyridine rings is 1. The molecule has 6 rings (SSSR count). The second kappa shape index (κ2) is 8.89. The normalized spacial score (nSPS) is 20.0. The molecule has 1 N–H and O–H groups in total. The van der Waals surface area contributed by atoms with Gasteiger partial charge in [-0.1, -0.05) is 6.07 Å². The van der Waals surface area contributed by atoms with Crippen LogP contribution >= 0.6 is 0 Å². The van der Waals surface area contributed by atoms with Crippen LogP contribution in [0.25, 0.3) is 22.5 Å². The molecule has 0 bridgehead atoms. The standard InChI is InChI=1S/C27H28N6O3/c1-31-16-29-24(25(31)18-6-9-22(28-14-18)32-11-3-2-4-12-32)17-5-7-20-19(13-17)15-33(27(20)36)21-8-10-23(34)30-26(21)35/h5-7,9,13-14,16,21H,2-4,8,10-12,15H2,1H3,(H,30,34,35). The van der Waals surface area contributed by atoms with Crippen molar-refractivity contribution in [2.24, 2.45) is 7.05 Å². The quantitative estimate of drug-likeness (QED) is 0.572. The number of hydrogen-bond donors (Lipinski definition) is 1. The Hall–Kier alpha value is -4.01. The van der Waals surface area contributed by atoms with Gasteiger partial charge in [0.15, 0.2) is 0 Å². The maximum atomic E-state index is 13.1. The summed E-state index contributed by atoms with van der Waals surface area (Å²) in [6, 6.07) is 9.26. The Morgan fingerprint density at radius 1 is 0.972 bits per heavy atom. The van der Waals surface area contributed by atoms with E-state index in [-0.39, 0.29) is 18.2 Å². The SMILES string of the molecule is Cn1cnc(-c2ccc3c(c2)CN(C2CCC(=O)NC2=O)C3=O)c1-c1ccc(N2CCCCC2)nc1. The fourth-order valence-corrected chi connectivity index (χ4v) is 5.54. The van der Waals surface area contributed by atoms with Crippen molar-refractivity contribution in [3.63, 3.8) is 0 Å². The highest BCUT2D eigenvalue weighted by Gasteiger charge is 2.39. The van der Waals surface area contributed by atoms with E-state index >= 15 is 0 Å². The summed E-state index contributed by atoms with van der Waals surface area (Å²) in [6.07, 6.45) is 7.98. The van der Waals surface area contributed by atoms with Gasteiger partial charge >= 0.3 is 0 Å². The molecule has 2 saturated heterocycles. The third-order valence-electron chi connectivity index (χ3n) is 7.44. The number of amides is 3. The van der Waals surface area contributed by atoms with E-state index in [0.29, 0.717) is 18.5 Å². The number of aromatic nitrogens is 3. The van der Waals surface area contributed by atoms with Gasteiger partial charge in [0.1, 0.15) is 11.9 Å². The molecule has 2 aromatic heterocycles. The van der Waals surface area contributed by atoms with Crippen LogP contribution < -0.4 is 10.2 Å². The molecule has 0 aliphatic carbocycles. The maximum absolute atomic E-state index is 13.1. The Balaban J connectivity index is 1.28. The van der Waals surface area contributed by atoms with Crippen molar-refractivity contribution in [2.45, 2.75) is 44.7 Å². The van der Waals surface area contributed by atoms with Gasteiger partial charge in [0, 0.05) is 56.0 Å². The number of benzene rings is 1. The van der Waals surface area contributed by atoms with E-state index in [4.69, 9.17) is 4.98 Å². The Kier molecular flexibility index (Phi) is 5.55. The fourth-order valence-electron chi connectivity index (χ4n) is 5.54. The molecule has 0 radical (unpaired) electrons. The van der Waals surface area contributed by atoms with Gasteiger partial charge in [-0.3, -0.25) is 19.7 Å². The first-order valence-corrected chi connectivity index (χ1v) is 12.5. The number of imidazole rings is 1. The van der Waals surface area contributed by atoms with E-state index < -0.39 is 11.9 Å². The summed E-state index contributed by atoms with van der Waals surface area (Å²) in [4.78, 5) is 50.3. The van der Waals surface area contributed by atoms with Crippen molar-refractivity contribution in [3.8, 4) is 22.5 Å². The summed E-state index contributed by atoms with van der Waals surface area (Å²) in [5, 5.41) is 2.35. The lowest BCUT2D eigenvalue weighted by atomic mass is 10.0. The number of rotatable bonds is 4. The zero-order chi connectivity index (χ0) is 24.8. The average molecular weight is 485 g/mol. The minimum absolute atomic E-state index is 0.176. The lowest BCUT2D eigenvalue weighted by molar-refractivity contribution is -0.136. The molecule has 2 fully saturated rings.